The quantitative estimate of drug-likeness (QED) is 0.878. The van der Waals surface area contributed by atoms with Crippen molar-refractivity contribution in [2.45, 2.75) is 19.4 Å². The Kier molecular flexibility index (Phi) is 4.40. The van der Waals surface area contributed by atoms with E-state index in [1.54, 1.807) is 24.3 Å². The smallest absolute Gasteiger partial charge is 0.142 e. The van der Waals surface area contributed by atoms with Crippen molar-refractivity contribution < 1.29 is 14.2 Å². The lowest BCUT2D eigenvalue weighted by molar-refractivity contribution is 0.173. The molecule has 0 saturated heterocycles. The lowest BCUT2D eigenvalue weighted by atomic mass is 10.1. The molecule has 2 rings (SSSR count). The van der Waals surface area contributed by atoms with Gasteiger partial charge in [0.25, 0.3) is 0 Å². The Morgan fingerprint density at radius 3 is 2.37 bits per heavy atom. The minimum Gasteiger partial charge on any atom is -0.457 e. The molecule has 100 valence electrons. The molecule has 0 amide bonds. The first-order valence-electron chi connectivity index (χ1n) is 6.01. The van der Waals surface area contributed by atoms with E-state index < -0.39 is 11.9 Å². The lowest BCUT2D eigenvalue weighted by Crippen LogP contribution is -1.94. The van der Waals surface area contributed by atoms with Crippen molar-refractivity contribution in [2.24, 2.45) is 0 Å². The number of benzene rings is 2. The number of ether oxygens (including phenoxy) is 1. The monoisotopic (exact) mass is 280 g/mol. The van der Waals surface area contributed by atoms with E-state index in [2.05, 4.69) is 0 Å². The highest BCUT2D eigenvalue weighted by atomic mass is 35.5. The van der Waals surface area contributed by atoms with E-state index in [4.69, 9.17) is 16.3 Å². The highest BCUT2D eigenvalue weighted by molar-refractivity contribution is 6.30. The van der Waals surface area contributed by atoms with E-state index in [-0.39, 0.29) is 5.02 Å². The molecule has 1 N–H and O–H groups in total. The predicted octanol–water partition coefficient (Wildman–Crippen LogP) is 4.71. The third-order valence-electron chi connectivity index (χ3n) is 2.78. The molecule has 0 aromatic heterocycles. The Labute approximate surface area is 116 Å². The molecule has 4 heteroatoms. The third-order valence-corrected chi connectivity index (χ3v) is 3.07. The maximum atomic E-state index is 13.0. The minimum atomic E-state index is -0.476. The topological polar surface area (TPSA) is 29.5 Å². The molecular formula is C15H14ClFO2. The first kappa shape index (κ1) is 13.8. The summed E-state index contributed by atoms with van der Waals surface area (Å²) in [6, 6.07) is 11.3. The fraction of sp³-hybridized carbons (Fsp3) is 0.200. The van der Waals surface area contributed by atoms with E-state index >= 15 is 0 Å². The molecule has 0 saturated carbocycles. The average Bonchev–Trinajstić information content (AvgIpc) is 2.43. The molecule has 1 atom stereocenters. The number of aliphatic hydroxyl groups is 1. The SMILES string of the molecule is CC[C@@H](O)c1ccc(Oc2ccc(F)c(Cl)c2)cc1. The second kappa shape index (κ2) is 6.04. The molecule has 0 spiro atoms. The van der Waals surface area contributed by atoms with Crippen LogP contribution in [-0.4, -0.2) is 5.11 Å². The van der Waals surface area contributed by atoms with Gasteiger partial charge in [-0.3, -0.25) is 0 Å². The molecule has 0 aliphatic carbocycles. The molecule has 2 aromatic carbocycles. The van der Waals surface area contributed by atoms with Crippen molar-refractivity contribution in [3.63, 3.8) is 0 Å². The van der Waals surface area contributed by atoms with Crippen molar-refractivity contribution >= 4 is 11.6 Å². The van der Waals surface area contributed by atoms with Crippen LogP contribution in [0.15, 0.2) is 42.5 Å². The molecule has 0 unspecified atom stereocenters. The van der Waals surface area contributed by atoms with Gasteiger partial charge in [0.15, 0.2) is 0 Å². The Balaban J connectivity index is 2.12. The first-order valence-corrected chi connectivity index (χ1v) is 6.39. The van der Waals surface area contributed by atoms with Crippen LogP contribution in [0.4, 0.5) is 4.39 Å². The van der Waals surface area contributed by atoms with E-state index in [0.29, 0.717) is 17.9 Å². The van der Waals surface area contributed by atoms with Crippen LogP contribution < -0.4 is 4.74 Å². The van der Waals surface area contributed by atoms with E-state index in [9.17, 15) is 9.50 Å². The van der Waals surface area contributed by atoms with Crippen LogP contribution in [-0.2, 0) is 0 Å². The van der Waals surface area contributed by atoms with Gasteiger partial charge in [-0.2, -0.15) is 0 Å². The number of hydrogen-bond acceptors (Lipinski definition) is 2. The zero-order chi connectivity index (χ0) is 13.8. The molecule has 0 aliphatic rings. The van der Waals surface area contributed by atoms with Crippen molar-refractivity contribution in [3.8, 4) is 11.5 Å². The van der Waals surface area contributed by atoms with Crippen LogP contribution >= 0.6 is 11.6 Å². The predicted molar refractivity (Wildman–Crippen MR) is 73.2 cm³/mol. The number of halogens is 2. The fourth-order valence-corrected chi connectivity index (χ4v) is 1.84. The van der Waals surface area contributed by atoms with E-state index in [1.807, 2.05) is 6.92 Å². The zero-order valence-corrected chi connectivity index (χ0v) is 11.2. The fourth-order valence-electron chi connectivity index (χ4n) is 1.67. The molecule has 0 aliphatic heterocycles. The standard InChI is InChI=1S/C15H14ClFO2/c1-2-15(18)10-3-5-11(6-4-10)19-12-7-8-14(17)13(16)9-12/h3-9,15,18H,2H2,1H3/t15-/m1/s1. The summed E-state index contributed by atoms with van der Waals surface area (Å²) in [6.45, 7) is 1.91. The van der Waals surface area contributed by atoms with Crippen LogP contribution in [0, 0.1) is 5.82 Å². The minimum absolute atomic E-state index is 0.0236. The van der Waals surface area contributed by atoms with Crippen LogP contribution in [0.3, 0.4) is 0 Å². The molecular weight excluding hydrogens is 267 g/mol. The molecule has 2 nitrogen and oxygen atoms in total. The number of hydrogen-bond donors (Lipinski definition) is 1. The van der Waals surface area contributed by atoms with E-state index in [1.165, 1.54) is 18.2 Å². The van der Waals surface area contributed by atoms with Gasteiger partial charge in [0.1, 0.15) is 17.3 Å². The van der Waals surface area contributed by atoms with Gasteiger partial charge >= 0.3 is 0 Å². The Morgan fingerprint density at radius 1 is 1.16 bits per heavy atom. The van der Waals surface area contributed by atoms with Crippen molar-refractivity contribution in [1.82, 2.24) is 0 Å². The summed E-state index contributed by atoms with van der Waals surface area (Å²) in [6.07, 6.45) is 0.197. The van der Waals surface area contributed by atoms with Gasteiger partial charge in [0, 0.05) is 6.07 Å². The van der Waals surface area contributed by atoms with Crippen molar-refractivity contribution in [2.75, 3.05) is 0 Å². The summed E-state index contributed by atoms with van der Waals surface area (Å²) in [5, 5.41) is 9.70. The van der Waals surface area contributed by atoms with E-state index in [0.717, 1.165) is 5.56 Å². The van der Waals surface area contributed by atoms with Gasteiger partial charge in [0.2, 0.25) is 0 Å². The summed E-state index contributed by atoms with van der Waals surface area (Å²) in [5.41, 5.74) is 0.840. The van der Waals surface area contributed by atoms with Gasteiger partial charge in [-0.25, -0.2) is 4.39 Å². The Bertz CT molecular complexity index is 555. The molecule has 0 fully saturated rings. The zero-order valence-electron chi connectivity index (χ0n) is 10.4. The van der Waals surface area contributed by atoms with Crippen molar-refractivity contribution in [1.29, 1.82) is 0 Å². The van der Waals surface area contributed by atoms with Crippen LogP contribution in [0.1, 0.15) is 25.0 Å². The summed E-state index contributed by atoms with van der Waals surface area (Å²) < 4.78 is 18.6. The molecule has 0 radical (unpaired) electrons. The van der Waals surface area contributed by atoms with Gasteiger partial charge in [-0.1, -0.05) is 30.7 Å². The Morgan fingerprint density at radius 2 is 1.79 bits per heavy atom. The Hall–Kier alpha value is -1.58. The second-order valence-corrected chi connectivity index (χ2v) is 4.58. The van der Waals surface area contributed by atoms with Crippen LogP contribution in [0.25, 0.3) is 0 Å². The molecule has 0 bridgehead atoms. The molecule has 19 heavy (non-hydrogen) atoms. The maximum absolute atomic E-state index is 13.0. The van der Waals surface area contributed by atoms with Gasteiger partial charge in [0.05, 0.1) is 11.1 Å². The van der Waals surface area contributed by atoms with Crippen LogP contribution in [0.2, 0.25) is 5.02 Å². The third kappa shape index (κ3) is 3.46. The lowest BCUT2D eigenvalue weighted by Gasteiger charge is -2.10. The van der Waals surface area contributed by atoms with Gasteiger partial charge in [-0.15, -0.1) is 0 Å². The summed E-state index contributed by atoms with van der Waals surface area (Å²) >= 11 is 5.68. The largest absolute Gasteiger partial charge is 0.457 e. The second-order valence-electron chi connectivity index (χ2n) is 4.17. The first-order chi connectivity index (χ1) is 9.10. The average molecular weight is 281 g/mol. The summed E-state index contributed by atoms with van der Waals surface area (Å²) in [4.78, 5) is 0. The van der Waals surface area contributed by atoms with Gasteiger partial charge < -0.3 is 9.84 Å². The normalized spacial score (nSPS) is 12.2. The highest BCUT2D eigenvalue weighted by Crippen LogP contribution is 2.27. The molecule has 0 heterocycles. The number of rotatable bonds is 4. The molecule has 2 aromatic rings. The van der Waals surface area contributed by atoms with Crippen molar-refractivity contribution in [3.05, 3.63) is 58.9 Å². The van der Waals surface area contributed by atoms with Crippen LogP contribution in [0.5, 0.6) is 11.5 Å². The maximum Gasteiger partial charge on any atom is 0.142 e. The summed E-state index contributed by atoms with van der Waals surface area (Å²) in [5.74, 6) is 0.598. The summed E-state index contributed by atoms with van der Waals surface area (Å²) in [7, 11) is 0. The van der Waals surface area contributed by atoms with Gasteiger partial charge in [-0.05, 0) is 36.2 Å². The highest BCUT2D eigenvalue weighted by Gasteiger charge is 2.06. The number of aliphatic hydroxyl groups excluding tert-OH is 1.